The Hall–Kier alpha value is -1.88. The lowest BCUT2D eigenvalue weighted by molar-refractivity contribution is -0.121. The maximum Gasteiger partial charge on any atom is 0.226 e. The van der Waals surface area contributed by atoms with E-state index < -0.39 is 0 Å². The molecule has 1 aromatic heterocycles. The molecule has 4 nitrogen and oxygen atoms in total. The van der Waals surface area contributed by atoms with E-state index in [9.17, 15) is 9.90 Å². The number of benzene rings is 1. The van der Waals surface area contributed by atoms with Crippen molar-refractivity contribution in [2.45, 2.75) is 32.2 Å². The first-order valence-corrected chi connectivity index (χ1v) is 7.52. The van der Waals surface area contributed by atoms with E-state index in [1.807, 2.05) is 24.4 Å². The number of fused-ring (bicyclic) bond motifs is 1. The molecule has 0 radical (unpaired) electrons. The first kappa shape index (κ1) is 13.1. The Kier molecular flexibility index (Phi) is 3.44. The fourth-order valence-electron chi connectivity index (χ4n) is 2.68. The molecule has 2 aromatic rings. The zero-order chi connectivity index (χ0) is 14.1. The highest BCUT2D eigenvalue weighted by Crippen LogP contribution is 2.36. The van der Waals surface area contributed by atoms with E-state index in [2.05, 4.69) is 10.3 Å². The summed E-state index contributed by atoms with van der Waals surface area (Å²) >= 11 is 1.56. The van der Waals surface area contributed by atoms with Gasteiger partial charge in [0.15, 0.2) is 0 Å². The Morgan fingerprint density at radius 1 is 1.55 bits per heavy atom. The van der Waals surface area contributed by atoms with E-state index in [4.69, 9.17) is 0 Å². The summed E-state index contributed by atoms with van der Waals surface area (Å²) in [6, 6.07) is 5.49. The zero-order valence-electron chi connectivity index (χ0n) is 11.2. The van der Waals surface area contributed by atoms with Gasteiger partial charge in [0, 0.05) is 5.38 Å². The first-order valence-electron chi connectivity index (χ1n) is 6.64. The molecule has 1 aromatic carbocycles. The lowest BCUT2D eigenvalue weighted by Crippen LogP contribution is -2.28. The normalized spacial score (nSPS) is 16.9. The number of aromatic hydroxyl groups is 1. The summed E-state index contributed by atoms with van der Waals surface area (Å²) in [5.74, 6) is 0.311. The molecule has 0 bridgehead atoms. The lowest BCUT2D eigenvalue weighted by Gasteiger charge is -2.13. The van der Waals surface area contributed by atoms with E-state index in [0.717, 1.165) is 34.7 Å². The van der Waals surface area contributed by atoms with Crippen molar-refractivity contribution in [3.8, 4) is 5.75 Å². The van der Waals surface area contributed by atoms with E-state index in [0.29, 0.717) is 12.2 Å². The lowest BCUT2D eigenvalue weighted by atomic mass is 10.1. The van der Waals surface area contributed by atoms with Gasteiger partial charge in [0.2, 0.25) is 5.91 Å². The van der Waals surface area contributed by atoms with Crippen LogP contribution in [0.1, 0.15) is 34.3 Å². The Bertz CT molecular complexity index is 651. The maximum absolute atomic E-state index is 12.1. The smallest absolute Gasteiger partial charge is 0.226 e. The van der Waals surface area contributed by atoms with Gasteiger partial charge >= 0.3 is 0 Å². The van der Waals surface area contributed by atoms with Crippen LogP contribution < -0.4 is 5.32 Å². The molecule has 20 heavy (non-hydrogen) atoms. The molecule has 0 saturated heterocycles. The van der Waals surface area contributed by atoms with Crippen LogP contribution in [0.3, 0.4) is 0 Å². The second-order valence-corrected chi connectivity index (χ2v) is 6.10. The summed E-state index contributed by atoms with van der Waals surface area (Å²) in [4.78, 5) is 16.4. The first-order chi connectivity index (χ1) is 9.63. The van der Waals surface area contributed by atoms with Gasteiger partial charge in [0.05, 0.1) is 23.2 Å². The van der Waals surface area contributed by atoms with Crippen molar-refractivity contribution in [1.29, 1.82) is 0 Å². The Morgan fingerprint density at radius 3 is 3.15 bits per heavy atom. The Labute approximate surface area is 121 Å². The minimum Gasteiger partial charge on any atom is -0.508 e. The number of phenolic OH excluding ortho intramolecular Hbond substituents is 1. The highest BCUT2D eigenvalue weighted by molar-refractivity contribution is 7.09. The van der Waals surface area contributed by atoms with Crippen LogP contribution in [0.25, 0.3) is 0 Å². The average molecular weight is 288 g/mol. The van der Waals surface area contributed by atoms with E-state index in [1.54, 1.807) is 17.4 Å². The molecular formula is C15H16N2O2S. The highest BCUT2D eigenvalue weighted by atomic mass is 32.1. The predicted octanol–water partition coefficient (Wildman–Crippen LogP) is 2.50. The number of amides is 1. The Morgan fingerprint density at radius 2 is 2.40 bits per heavy atom. The second-order valence-electron chi connectivity index (χ2n) is 5.04. The average Bonchev–Trinajstić information content (AvgIpc) is 2.98. The number of aromatic nitrogens is 1. The van der Waals surface area contributed by atoms with Crippen molar-refractivity contribution in [3.63, 3.8) is 0 Å². The molecular weight excluding hydrogens is 272 g/mol. The number of nitrogens with one attached hydrogen (secondary N) is 1. The number of nitrogens with zero attached hydrogens (tertiary/aromatic N) is 1. The van der Waals surface area contributed by atoms with Gasteiger partial charge in [-0.05, 0) is 37.0 Å². The standard InChI is InChI=1S/C15H16N2O2S/c1-9-16-10(8-20-9)7-15(19)17-13-6-5-12-11(13)3-2-4-14(12)18/h2-4,8,13,18H,5-7H2,1H3,(H,17,19)/t13-/m1/s1. The molecule has 0 unspecified atom stereocenters. The summed E-state index contributed by atoms with van der Waals surface area (Å²) in [5, 5.41) is 15.7. The van der Waals surface area contributed by atoms with Gasteiger partial charge in [0.1, 0.15) is 5.75 Å². The fraction of sp³-hybridized carbons (Fsp3) is 0.333. The van der Waals surface area contributed by atoms with Crippen LogP contribution in [0.15, 0.2) is 23.6 Å². The van der Waals surface area contributed by atoms with Crippen LogP contribution in [-0.4, -0.2) is 16.0 Å². The maximum atomic E-state index is 12.1. The number of rotatable bonds is 3. The topological polar surface area (TPSA) is 62.2 Å². The van der Waals surface area contributed by atoms with Crippen LogP contribution in [0, 0.1) is 6.92 Å². The summed E-state index contributed by atoms with van der Waals surface area (Å²) < 4.78 is 0. The third-order valence-corrected chi connectivity index (χ3v) is 4.41. The largest absolute Gasteiger partial charge is 0.508 e. The van der Waals surface area contributed by atoms with Gasteiger partial charge in [0.25, 0.3) is 0 Å². The molecule has 1 aliphatic carbocycles. The number of carbonyl (C=O) groups is 1. The molecule has 1 heterocycles. The van der Waals surface area contributed by atoms with Crippen molar-refractivity contribution in [1.82, 2.24) is 10.3 Å². The van der Waals surface area contributed by atoms with Gasteiger partial charge in [-0.3, -0.25) is 4.79 Å². The highest BCUT2D eigenvalue weighted by Gasteiger charge is 2.25. The van der Waals surface area contributed by atoms with Gasteiger partial charge < -0.3 is 10.4 Å². The molecule has 0 spiro atoms. The van der Waals surface area contributed by atoms with Crippen LogP contribution in [0.4, 0.5) is 0 Å². The number of thiazole rings is 1. The Balaban J connectivity index is 1.68. The molecule has 0 fully saturated rings. The van der Waals surface area contributed by atoms with Gasteiger partial charge in [-0.2, -0.15) is 0 Å². The molecule has 1 amide bonds. The van der Waals surface area contributed by atoms with Gasteiger partial charge in [-0.1, -0.05) is 12.1 Å². The van der Waals surface area contributed by atoms with Crippen molar-refractivity contribution in [2.75, 3.05) is 0 Å². The molecule has 5 heteroatoms. The summed E-state index contributed by atoms with van der Waals surface area (Å²) in [7, 11) is 0. The minimum absolute atomic E-state index is 0.00401. The van der Waals surface area contributed by atoms with E-state index >= 15 is 0 Å². The molecule has 1 aliphatic rings. The SMILES string of the molecule is Cc1nc(CC(=O)N[C@@H]2CCc3c(O)cccc32)cs1. The molecule has 104 valence electrons. The quantitative estimate of drug-likeness (QED) is 0.912. The van der Waals surface area contributed by atoms with Crippen molar-refractivity contribution < 1.29 is 9.90 Å². The summed E-state index contributed by atoms with van der Waals surface area (Å²) in [6.07, 6.45) is 1.96. The van der Waals surface area contributed by atoms with Gasteiger partial charge in [-0.15, -0.1) is 11.3 Å². The number of carbonyl (C=O) groups excluding carboxylic acids is 1. The number of hydrogen-bond donors (Lipinski definition) is 2. The second kappa shape index (κ2) is 5.25. The molecule has 0 aliphatic heterocycles. The number of phenols is 1. The third kappa shape index (κ3) is 2.54. The van der Waals surface area contributed by atoms with E-state index in [-0.39, 0.29) is 11.9 Å². The minimum atomic E-state index is -0.0171. The van der Waals surface area contributed by atoms with Crippen molar-refractivity contribution in [3.05, 3.63) is 45.4 Å². The zero-order valence-corrected chi connectivity index (χ0v) is 12.0. The van der Waals surface area contributed by atoms with Crippen LogP contribution >= 0.6 is 11.3 Å². The molecule has 1 atom stereocenters. The molecule has 2 N–H and O–H groups in total. The summed E-state index contributed by atoms with van der Waals surface area (Å²) in [5.41, 5.74) is 2.81. The van der Waals surface area contributed by atoms with Crippen LogP contribution in [0.5, 0.6) is 5.75 Å². The summed E-state index contributed by atoms with van der Waals surface area (Å²) in [6.45, 7) is 1.93. The number of hydrogen-bond acceptors (Lipinski definition) is 4. The van der Waals surface area contributed by atoms with Crippen LogP contribution in [-0.2, 0) is 17.6 Å². The van der Waals surface area contributed by atoms with Crippen molar-refractivity contribution >= 4 is 17.2 Å². The van der Waals surface area contributed by atoms with Crippen LogP contribution in [0.2, 0.25) is 0 Å². The van der Waals surface area contributed by atoms with E-state index in [1.165, 1.54) is 0 Å². The molecule has 3 rings (SSSR count). The van der Waals surface area contributed by atoms with Crippen molar-refractivity contribution in [2.24, 2.45) is 0 Å². The third-order valence-electron chi connectivity index (χ3n) is 3.59. The fourth-order valence-corrected chi connectivity index (χ4v) is 3.30. The number of aryl methyl sites for hydroxylation is 1. The van der Waals surface area contributed by atoms with Gasteiger partial charge in [-0.25, -0.2) is 4.98 Å². The molecule has 0 saturated carbocycles. The monoisotopic (exact) mass is 288 g/mol. The predicted molar refractivity (Wildman–Crippen MR) is 77.9 cm³/mol.